The molecule has 1 atom stereocenters. The highest BCUT2D eigenvalue weighted by molar-refractivity contribution is 5.90. The van der Waals surface area contributed by atoms with Crippen LogP contribution in [0.3, 0.4) is 0 Å². The van der Waals surface area contributed by atoms with Crippen LogP contribution in [-0.4, -0.2) is 33.1 Å². The Hall–Kier alpha value is -3.56. The number of carbonyl (C=O) groups is 2. The van der Waals surface area contributed by atoms with Gasteiger partial charge in [-0.3, -0.25) is 9.59 Å². The first-order valence-electron chi connectivity index (χ1n) is 13.8. The number of ether oxygens (including phenoxy) is 2. The van der Waals surface area contributed by atoms with Crippen molar-refractivity contribution in [3.63, 3.8) is 0 Å². The topological polar surface area (TPSA) is 134 Å². The van der Waals surface area contributed by atoms with Crippen molar-refractivity contribution in [1.29, 1.82) is 0 Å². The van der Waals surface area contributed by atoms with Gasteiger partial charge in [0, 0.05) is 16.5 Å². The van der Waals surface area contributed by atoms with E-state index in [1.165, 1.54) is 0 Å². The molecule has 3 aromatic rings. The predicted molar refractivity (Wildman–Crippen MR) is 144 cm³/mol. The highest BCUT2D eigenvalue weighted by Gasteiger charge is 2.45. The van der Waals surface area contributed by atoms with Crippen LogP contribution in [0.15, 0.2) is 29.1 Å². The molecule has 9 nitrogen and oxygen atoms in total. The van der Waals surface area contributed by atoms with Crippen molar-refractivity contribution in [3.05, 3.63) is 56.9 Å². The summed E-state index contributed by atoms with van der Waals surface area (Å²) in [4.78, 5) is 43.8. The standard InChI is InChI=1S/C30H33N3O6/c1-3-19-20-11-18(39-28(35)17-7-5-16(13-31)6-8-17)9-10-24(20)32-26-21(19)14-33-25(26)12-23-22(27(33)34)15-38-29(36)30(23,37)4-2/h9-12,16-17,37H,3-8,13-15,31H2,1-2H3/t16-,17-,30-/m0/s1. The number of esters is 2. The molecule has 0 spiro atoms. The third kappa shape index (κ3) is 3.98. The van der Waals surface area contributed by atoms with Gasteiger partial charge in [-0.2, -0.15) is 0 Å². The molecule has 4 heterocycles. The quantitative estimate of drug-likeness (QED) is 0.296. The monoisotopic (exact) mass is 531 g/mol. The molecule has 2 aromatic heterocycles. The van der Waals surface area contributed by atoms with Crippen LogP contribution >= 0.6 is 0 Å². The fraction of sp³-hybridized carbons (Fsp3) is 0.467. The van der Waals surface area contributed by atoms with Crippen molar-refractivity contribution < 1.29 is 24.2 Å². The van der Waals surface area contributed by atoms with Crippen molar-refractivity contribution in [1.82, 2.24) is 9.55 Å². The first-order valence-corrected chi connectivity index (χ1v) is 13.8. The Bertz CT molecular complexity index is 1570. The van der Waals surface area contributed by atoms with Crippen LogP contribution < -0.4 is 16.0 Å². The van der Waals surface area contributed by atoms with Gasteiger partial charge in [0.2, 0.25) is 0 Å². The van der Waals surface area contributed by atoms with Crippen LogP contribution in [-0.2, 0) is 39.5 Å². The highest BCUT2D eigenvalue weighted by Crippen LogP contribution is 2.41. The molecule has 1 aromatic carbocycles. The number of aliphatic hydroxyl groups is 1. The third-order valence-electron chi connectivity index (χ3n) is 8.86. The Labute approximate surface area is 225 Å². The van der Waals surface area contributed by atoms with Gasteiger partial charge in [0.15, 0.2) is 5.60 Å². The molecule has 204 valence electrons. The maximum absolute atomic E-state index is 13.5. The number of aromatic nitrogens is 2. The van der Waals surface area contributed by atoms with Gasteiger partial charge in [-0.15, -0.1) is 0 Å². The molecule has 6 rings (SSSR count). The van der Waals surface area contributed by atoms with Crippen LogP contribution in [0.25, 0.3) is 22.3 Å². The van der Waals surface area contributed by atoms with Gasteiger partial charge in [-0.1, -0.05) is 13.8 Å². The molecule has 0 bridgehead atoms. The second-order valence-electron chi connectivity index (χ2n) is 10.9. The number of aryl methyl sites for hydroxylation is 1. The summed E-state index contributed by atoms with van der Waals surface area (Å²) >= 11 is 0. The average molecular weight is 532 g/mol. The van der Waals surface area contributed by atoms with Crippen LogP contribution in [0.5, 0.6) is 5.75 Å². The van der Waals surface area contributed by atoms with Crippen molar-refractivity contribution >= 4 is 22.8 Å². The molecular weight excluding hydrogens is 498 g/mol. The average Bonchev–Trinajstić information content (AvgIpc) is 3.32. The Kier molecular flexibility index (Phi) is 6.31. The minimum atomic E-state index is -1.86. The first-order chi connectivity index (χ1) is 18.8. The number of pyridine rings is 2. The largest absolute Gasteiger partial charge is 0.458 e. The molecule has 2 aliphatic heterocycles. The molecule has 1 fully saturated rings. The lowest BCUT2D eigenvalue weighted by Crippen LogP contribution is -2.44. The van der Waals surface area contributed by atoms with E-state index in [-0.39, 0.29) is 30.5 Å². The molecule has 0 amide bonds. The van der Waals surface area contributed by atoms with Crippen LogP contribution in [0, 0.1) is 11.8 Å². The lowest BCUT2D eigenvalue weighted by molar-refractivity contribution is -0.172. The minimum absolute atomic E-state index is 0.0932. The Morgan fingerprint density at radius 2 is 1.95 bits per heavy atom. The summed E-state index contributed by atoms with van der Waals surface area (Å²) in [5.74, 6) is -0.0908. The van der Waals surface area contributed by atoms with E-state index in [0.717, 1.165) is 47.7 Å². The molecular formula is C30H33N3O6. The van der Waals surface area contributed by atoms with Crippen molar-refractivity contribution in [2.24, 2.45) is 17.6 Å². The normalized spacial score (nSPS) is 23.6. The van der Waals surface area contributed by atoms with Gasteiger partial charge in [0.1, 0.15) is 12.4 Å². The number of hydrogen-bond acceptors (Lipinski definition) is 8. The Balaban J connectivity index is 1.38. The maximum Gasteiger partial charge on any atom is 0.343 e. The van der Waals surface area contributed by atoms with E-state index in [2.05, 4.69) is 0 Å². The molecule has 0 unspecified atom stereocenters. The van der Waals surface area contributed by atoms with Crippen LogP contribution in [0.1, 0.15) is 68.2 Å². The summed E-state index contributed by atoms with van der Waals surface area (Å²) in [6.45, 7) is 4.56. The number of cyclic esters (lactones) is 1. The lowest BCUT2D eigenvalue weighted by Gasteiger charge is -2.31. The number of nitrogens with zero attached hydrogens (tertiary/aromatic N) is 2. The lowest BCUT2D eigenvalue weighted by atomic mass is 9.82. The summed E-state index contributed by atoms with van der Waals surface area (Å²) in [6, 6.07) is 7.18. The summed E-state index contributed by atoms with van der Waals surface area (Å²) < 4.78 is 12.6. The fourth-order valence-corrected chi connectivity index (χ4v) is 6.44. The third-order valence-corrected chi connectivity index (χ3v) is 8.86. The number of nitrogens with two attached hydrogens (primary N) is 1. The molecule has 39 heavy (non-hydrogen) atoms. The van der Waals surface area contributed by atoms with Gasteiger partial charge in [0.25, 0.3) is 5.56 Å². The van der Waals surface area contributed by atoms with E-state index in [1.807, 2.05) is 19.1 Å². The van der Waals surface area contributed by atoms with Gasteiger partial charge >= 0.3 is 11.9 Å². The van der Waals surface area contributed by atoms with Gasteiger partial charge in [-0.05, 0) is 80.8 Å². The smallest absolute Gasteiger partial charge is 0.343 e. The molecule has 3 aliphatic rings. The maximum atomic E-state index is 13.5. The fourth-order valence-electron chi connectivity index (χ4n) is 6.44. The van der Waals surface area contributed by atoms with Crippen LogP contribution in [0.4, 0.5) is 0 Å². The van der Waals surface area contributed by atoms with Crippen LogP contribution in [0.2, 0.25) is 0 Å². The second kappa shape index (κ2) is 9.57. The number of benzene rings is 1. The van der Waals surface area contributed by atoms with E-state index in [9.17, 15) is 19.5 Å². The molecule has 0 radical (unpaired) electrons. The second-order valence-corrected chi connectivity index (χ2v) is 10.9. The minimum Gasteiger partial charge on any atom is -0.458 e. The zero-order valence-corrected chi connectivity index (χ0v) is 22.3. The number of fused-ring (bicyclic) bond motifs is 5. The van der Waals surface area contributed by atoms with E-state index in [0.29, 0.717) is 53.7 Å². The number of hydrogen-bond donors (Lipinski definition) is 2. The van der Waals surface area contributed by atoms with E-state index in [4.69, 9.17) is 20.2 Å². The zero-order valence-electron chi connectivity index (χ0n) is 22.3. The summed E-state index contributed by atoms with van der Waals surface area (Å²) in [5, 5.41) is 12.0. The van der Waals surface area contributed by atoms with Crippen molar-refractivity contribution in [3.8, 4) is 17.1 Å². The number of carbonyl (C=O) groups excluding carboxylic acids is 2. The SMILES string of the molecule is CCc1c2c(nc3ccc(OC(=O)[C@H]4CC[C@H](CN)CC4)cc13)-c1cc3c(c(=O)n1C2)COC(=O)[C@]3(O)CC. The van der Waals surface area contributed by atoms with E-state index in [1.54, 1.807) is 23.6 Å². The molecule has 1 saturated carbocycles. The van der Waals surface area contributed by atoms with E-state index < -0.39 is 11.6 Å². The predicted octanol–water partition coefficient (Wildman–Crippen LogP) is 3.31. The van der Waals surface area contributed by atoms with Gasteiger partial charge < -0.3 is 24.9 Å². The molecule has 0 saturated heterocycles. The van der Waals surface area contributed by atoms with Gasteiger partial charge in [0.05, 0.1) is 34.9 Å². The summed E-state index contributed by atoms with van der Waals surface area (Å²) in [7, 11) is 0. The number of rotatable bonds is 5. The first kappa shape index (κ1) is 25.7. The van der Waals surface area contributed by atoms with Crippen molar-refractivity contribution in [2.75, 3.05) is 6.54 Å². The van der Waals surface area contributed by atoms with E-state index >= 15 is 0 Å². The molecule has 9 heteroatoms. The summed E-state index contributed by atoms with van der Waals surface area (Å²) in [6.07, 6.45) is 4.27. The van der Waals surface area contributed by atoms with Gasteiger partial charge in [-0.25, -0.2) is 9.78 Å². The molecule has 1 aliphatic carbocycles. The Morgan fingerprint density at radius 1 is 1.18 bits per heavy atom. The zero-order chi connectivity index (χ0) is 27.5. The highest BCUT2D eigenvalue weighted by atomic mass is 16.6. The Morgan fingerprint density at radius 3 is 2.64 bits per heavy atom. The summed E-state index contributed by atoms with van der Waals surface area (Å²) in [5.41, 5.74) is 8.14. The molecule has 3 N–H and O–H groups in total. The van der Waals surface area contributed by atoms with Crippen molar-refractivity contribution in [2.45, 2.75) is 71.1 Å².